The molecule has 1 aromatic carbocycles. The summed E-state index contributed by atoms with van der Waals surface area (Å²) in [5.41, 5.74) is 2.14. The first-order valence-electron chi connectivity index (χ1n) is 5.06. The van der Waals surface area contributed by atoms with E-state index >= 15 is 0 Å². The van der Waals surface area contributed by atoms with Crippen LogP contribution in [0.25, 0.3) is 6.08 Å². The summed E-state index contributed by atoms with van der Waals surface area (Å²) in [4.78, 5) is 0. The van der Waals surface area contributed by atoms with Gasteiger partial charge in [0.15, 0.2) is 0 Å². The van der Waals surface area contributed by atoms with Crippen molar-refractivity contribution in [3.63, 3.8) is 0 Å². The van der Waals surface area contributed by atoms with Crippen molar-refractivity contribution < 1.29 is 17.9 Å². The third kappa shape index (κ3) is 6.45. The lowest BCUT2D eigenvalue weighted by Crippen LogP contribution is -2.00. The van der Waals surface area contributed by atoms with Crippen LogP contribution in [0.2, 0.25) is 0 Å². The molecule has 17 heavy (non-hydrogen) atoms. The van der Waals surface area contributed by atoms with Crippen molar-refractivity contribution in [1.82, 2.24) is 0 Å². The van der Waals surface area contributed by atoms with Gasteiger partial charge in [-0.15, -0.1) is 0 Å². The average molecular weight is 242 g/mol. The van der Waals surface area contributed by atoms with Crippen molar-refractivity contribution in [3.8, 4) is 0 Å². The van der Waals surface area contributed by atoms with E-state index < -0.39 is 6.18 Å². The van der Waals surface area contributed by atoms with Gasteiger partial charge in [0.1, 0.15) is 6.61 Å². The molecule has 4 heteroatoms. The van der Waals surface area contributed by atoms with Gasteiger partial charge in [-0.05, 0) is 18.6 Å². The fourth-order valence-corrected chi connectivity index (χ4v) is 1.10. The number of hydrogen-bond acceptors (Lipinski definition) is 1. The van der Waals surface area contributed by atoms with Crippen LogP contribution < -0.4 is 0 Å². The molecule has 0 aliphatic heterocycles. The Morgan fingerprint density at radius 2 is 1.82 bits per heavy atom. The van der Waals surface area contributed by atoms with Crippen LogP contribution in [0.4, 0.5) is 13.2 Å². The van der Waals surface area contributed by atoms with E-state index in [1.165, 1.54) is 0 Å². The second-order valence-electron chi connectivity index (χ2n) is 3.49. The standard InChI is InChI=1S/C13H13F3O/c1-11-4-6-12(7-5-11)3-2-9-17-10-8-13(14,15)16/h2-8,10H,9H2,1H3/b3-2+,10-8+. The predicted molar refractivity (Wildman–Crippen MR) is 61.4 cm³/mol. The van der Waals surface area contributed by atoms with Gasteiger partial charge in [-0.3, -0.25) is 0 Å². The van der Waals surface area contributed by atoms with E-state index in [1.807, 2.05) is 31.2 Å². The highest BCUT2D eigenvalue weighted by Gasteiger charge is 2.22. The molecule has 0 heterocycles. The Kier molecular flexibility index (Phi) is 4.82. The highest BCUT2D eigenvalue weighted by Crippen LogP contribution is 2.15. The molecule has 0 saturated carbocycles. The maximum Gasteiger partial charge on any atom is 0.412 e. The molecule has 1 nitrogen and oxygen atoms in total. The van der Waals surface area contributed by atoms with Gasteiger partial charge < -0.3 is 4.74 Å². The monoisotopic (exact) mass is 242 g/mol. The topological polar surface area (TPSA) is 9.23 Å². The van der Waals surface area contributed by atoms with Crippen molar-refractivity contribution in [2.24, 2.45) is 0 Å². The van der Waals surface area contributed by atoms with E-state index in [0.717, 1.165) is 11.1 Å². The van der Waals surface area contributed by atoms with E-state index in [9.17, 15) is 13.2 Å². The van der Waals surface area contributed by atoms with Gasteiger partial charge in [-0.25, -0.2) is 0 Å². The second-order valence-corrected chi connectivity index (χ2v) is 3.49. The number of halogens is 3. The molecule has 0 bridgehead atoms. The molecule has 0 aliphatic rings. The van der Waals surface area contributed by atoms with Crippen LogP contribution >= 0.6 is 0 Å². The largest absolute Gasteiger partial charge is 0.497 e. The van der Waals surface area contributed by atoms with E-state index in [-0.39, 0.29) is 12.7 Å². The molecule has 0 aromatic heterocycles. The minimum atomic E-state index is -4.32. The molecule has 0 radical (unpaired) electrons. The van der Waals surface area contributed by atoms with Crippen LogP contribution in [-0.4, -0.2) is 12.8 Å². The average Bonchev–Trinajstić information content (AvgIpc) is 2.24. The van der Waals surface area contributed by atoms with Crippen LogP contribution in [0.1, 0.15) is 11.1 Å². The Balaban J connectivity index is 2.32. The van der Waals surface area contributed by atoms with E-state index in [0.29, 0.717) is 6.26 Å². The van der Waals surface area contributed by atoms with Crippen LogP contribution in [0, 0.1) is 6.92 Å². The summed E-state index contributed by atoms with van der Waals surface area (Å²) in [6.07, 6.45) is -0.154. The van der Waals surface area contributed by atoms with E-state index in [2.05, 4.69) is 4.74 Å². The Morgan fingerprint density at radius 1 is 1.18 bits per heavy atom. The van der Waals surface area contributed by atoms with Crippen molar-refractivity contribution in [2.45, 2.75) is 13.1 Å². The minimum absolute atomic E-state index is 0.0622. The summed E-state index contributed by atoms with van der Waals surface area (Å²) < 4.78 is 39.7. The number of hydrogen-bond donors (Lipinski definition) is 0. The number of ether oxygens (including phenoxy) is 1. The number of benzene rings is 1. The van der Waals surface area contributed by atoms with Gasteiger partial charge in [0.2, 0.25) is 0 Å². The zero-order valence-corrected chi connectivity index (χ0v) is 9.37. The van der Waals surface area contributed by atoms with Gasteiger partial charge >= 0.3 is 6.18 Å². The van der Waals surface area contributed by atoms with Gasteiger partial charge in [0.25, 0.3) is 0 Å². The first-order valence-corrected chi connectivity index (χ1v) is 5.06. The quantitative estimate of drug-likeness (QED) is 0.570. The molecule has 1 aromatic rings. The molecule has 0 unspecified atom stereocenters. The smallest absolute Gasteiger partial charge is 0.412 e. The molecular weight excluding hydrogens is 229 g/mol. The van der Waals surface area contributed by atoms with Crippen LogP contribution in [-0.2, 0) is 4.74 Å². The fraction of sp³-hybridized carbons (Fsp3) is 0.231. The summed E-state index contributed by atoms with van der Waals surface area (Å²) in [7, 11) is 0. The molecule has 0 aliphatic carbocycles. The molecule has 0 saturated heterocycles. The summed E-state index contributed by atoms with van der Waals surface area (Å²) in [5.74, 6) is 0. The van der Waals surface area contributed by atoms with Crippen LogP contribution in [0.15, 0.2) is 42.7 Å². The summed E-state index contributed by atoms with van der Waals surface area (Å²) in [5, 5.41) is 0. The molecule has 0 amide bonds. The Hall–Kier alpha value is -1.71. The number of aryl methyl sites for hydroxylation is 1. The molecule has 92 valence electrons. The Morgan fingerprint density at radius 3 is 2.41 bits per heavy atom. The van der Waals surface area contributed by atoms with Gasteiger partial charge in [0.05, 0.1) is 12.3 Å². The third-order valence-corrected chi connectivity index (χ3v) is 1.93. The summed E-state index contributed by atoms with van der Waals surface area (Å²) in [6.45, 7) is 2.10. The molecule has 0 spiro atoms. The molecular formula is C13H13F3O. The number of allylic oxidation sites excluding steroid dienone is 1. The van der Waals surface area contributed by atoms with Gasteiger partial charge in [-0.2, -0.15) is 13.2 Å². The first-order chi connectivity index (χ1) is 7.97. The number of rotatable bonds is 4. The summed E-state index contributed by atoms with van der Waals surface area (Å²) >= 11 is 0. The Labute approximate surface area is 98.2 Å². The second kappa shape index (κ2) is 6.13. The van der Waals surface area contributed by atoms with Crippen LogP contribution in [0.5, 0.6) is 0 Å². The van der Waals surface area contributed by atoms with Crippen molar-refractivity contribution >= 4 is 6.08 Å². The van der Waals surface area contributed by atoms with Gasteiger partial charge in [-0.1, -0.05) is 35.9 Å². The maximum atomic E-state index is 11.7. The zero-order valence-electron chi connectivity index (χ0n) is 9.37. The van der Waals surface area contributed by atoms with Crippen LogP contribution in [0.3, 0.4) is 0 Å². The SMILES string of the molecule is Cc1ccc(/C=C/CO/C=C/C(F)(F)F)cc1. The fourth-order valence-electron chi connectivity index (χ4n) is 1.10. The molecule has 1 rings (SSSR count). The van der Waals surface area contributed by atoms with Crippen molar-refractivity contribution in [3.05, 3.63) is 53.8 Å². The lowest BCUT2D eigenvalue weighted by molar-refractivity contribution is -0.0815. The Bertz CT molecular complexity index is 388. The first kappa shape index (κ1) is 13.4. The summed E-state index contributed by atoms with van der Waals surface area (Å²) in [6, 6.07) is 7.78. The van der Waals surface area contributed by atoms with E-state index in [1.54, 1.807) is 12.2 Å². The normalized spacial score (nSPS) is 12.5. The van der Waals surface area contributed by atoms with Crippen molar-refractivity contribution in [2.75, 3.05) is 6.61 Å². The predicted octanol–water partition coefficient (Wildman–Crippen LogP) is 4.10. The molecule has 0 N–H and O–H groups in total. The molecule has 0 atom stereocenters. The molecule has 0 fully saturated rings. The lowest BCUT2D eigenvalue weighted by atomic mass is 10.1. The zero-order chi connectivity index (χ0) is 12.7. The highest BCUT2D eigenvalue weighted by molar-refractivity contribution is 5.49. The van der Waals surface area contributed by atoms with Crippen molar-refractivity contribution in [1.29, 1.82) is 0 Å². The number of alkyl halides is 3. The third-order valence-electron chi connectivity index (χ3n) is 1.93. The highest BCUT2D eigenvalue weighted by atomic mass is 19.4. The van der Waals surface area contributed by atoms with Gasteiger partial charge in [0, 0.05) is 0 Å². The maximum absolute atomic E-state index is 11.7. The lowest BCUT2D eigenvalue weighted by Gasteiger charge is -1.98. The minimum Gasteiger partial charge on any atom is -0.497 e. The van der Waals surface area contributed by atoms with E-state index in [4.69, 9.17) is 0 Å².